The van der Waals surface area contributed by atoms with Crippen LogP contribution in [0.5, 0.6) is 5.75 Å². The lowest BCUT2D eigenvalue weighted by molar-refractivity contribution is 0.0354. The van der Waals surface area contributed by atoms with Crippen molar-refractivity contribution in [1.29, 1.82) is 0 Å². The summed E-state index contributed by atoms with van der Waals surface area (Å²) in [4.78, 5) is 23.2. The van der Waals surface area contributed by atoms with Crippen LogP contribution < -0.4 is 10.1 Å². The van der Waals surface area contributed by atoms with Crippen LogP contribution in [0.1, 0.15) is 50.9 Å². The van der Waals surface area contributed by atoms with Crippen LogP contribution in [0.2, 0.25) is 0 Å². The second kappa shape index (κ2) is 6.75. The molecule has 0 unspecified atom stereocenters. The van der Waals surface area contributed by atoms with E-state index in [9.17, 15) is 18.4 Å². The Hall–Kier alpha value is -2.18. The number of hydrogen-bond donors (Lipinski definition) is 1. The fraction of sp³-hybridized carbons (Fsp3) is 0.529. The van der Waals surface area contributed by atoms with Gasteiger partial charge in [-0.05, 0) is 33.8 Å². The maximum atomic E-state index is 13.9. The van der Waals surface area contributed by atoms with Gasteiger partial charge in [-0.15, -0.1) is 0 Å². The second-order valence-corrected chi connectivity index (χ2v) is 6.87. The number of amides is 1. The number of halogens is 2. The predicted molar refractivity (Wildman–Crippen MR) is 83.2 cm³/mol. The van der Waals surface area contributed by atoms with Gasteiger partial charge in [-0.2, -0.15) is 0 Å². The Kier molecular flexibility index (Phi) is 5.11. The SMILES string of the molecule is CC(=O)c1cc(F)cc(F)c1O[C@H]1C[C@@H](NC(=O)OC(C)(C)C)C1. The number of alkyl carbamates (subject to hydrolysis) is 1. The standard InChI is InChI=1S/C17H21F2NO4/c1-9(21)13-5-10(18)6-14(19)15(13)23-12-7-11(8-12)20-16(22)24-17(2,3)4/h5-6,11-12H,7-8H2,1-4H3,(H,20,22)/t11-,12+. The van der Waals surface area contributed by atoms with Crippen LogP contribution in [0.3, 0.4) is 0 Å². The topological polar surface area (TPSA) is 64.6 Å². The van der Waals surface area contributed by atoms with Crippen molar-refractivity contribution in [2.24, 2.45) is 0 Å². The molecule has 0 aliphatic heterocycles. The zero-order chi connectivity index (χ0) is 18.1. The minimum Gasteiger partial charge on any atom is -0.486 e. The molecule has 1 aliphatic rings. The molecule has 0 saturated heterocycles. The summed E-state index contributed by atoms with van der Waals surface area (Å²) in [6, 6.07) is 1.49. The largest absolute Gasteiger partial charge is 0.486 e. The minimum absolute atomic E-state index is 0.129. The highest BCUT2D eigenvalue weighted by atomic mass is 19.1. The first-order chi connectivity index (χ1) is 11.0. The third-order valence-electron chi connectivity index (χ3n) is 3.49. The van der Waals surface area contributed by atoms with Gasteiger partial charge >= 0.3 is 6.09 Å². The van der Waals surface area contributed by atoms with Crippen molar-refractivity contribution in [3.05, 3.63) is 29.3 Å². The van der Waals surface area contributed by atoms with E-state index in [1.165, 1.54) is 6.92 Å². The van der Waals surface area contributed by atoms with Gasteiger partial charge in [0.1, 0.15) is 17.5 Å². The molecule has 24 heavy (non-hydrogen) atoms. The molecule has 0 heterocycles. The predicted octanol–water partition coefficient (Wildman–Crippen LogP) is 3.60. The van der Waals surface area contributed by atoms with Crippen LogP contribution in [0.4, 0.5) is 13.6 Å². The van der Waals surface area contributed by atoms with Gasteiger partial charge in [0.25, 0.3) is 0 Å². The van der Waals surface area contributed by atoms with Gasteiger partial charge in [-0.3, -0.25) is 4.79 Å². The summed E-state index contributed by atoms with van der Waals surface area (Å²) in [5.41, 5.74) is -0.715. The monoisotopic (exact) mass is 341 g/mol. The first-order valence-electron chi connectivity index (χ1n) is 7.71. The van der Waals surface area contributed by atoms with Gasteiger partial charge < -0.3 is 14.8 Å². The molecule has 0 aromatic heterocycles. The summed E-state index contributed by atoms with van der Waals surface area (Å²) in [7, 11) is 0. The van der Waals surface area contributed by atoms with Gasteiger partial charge in [-0.1, -0.05) is 0 Å². The van der Waals surface area contributed by atoms with Crippen LogP contribution in [0.15, 0.2) is 12.1 Å². The van der Waals surface area contributed by atoms with Crippen molar-refractivity contribution in [2.75, 3.05) is 0 Å². The number of nitrogens with one attached hydrogen (secondary N) is 1. The smallest absolute Gasteiger partial charge is 0.407 e. The van der Waals surface area contributed by atoms with E-state index in [0.717, 1.165) is 6.07 Å². The van der Waals surface area contributed by atoms with Crippen molar-refractivity contribution in [2.45, 2.75) is 58.3 Å². The molecule has 1 N–H and O–H groups in total. The van der Waals surface area contributed by atoms with Crippen LogP contribution in [-0.2, 0) is 4.74 Å². The van der Waals surface area contributed by atoms with Gasteiger partial charge in [0, 0.05) is 24.9 Å². The van der Waals surface area contributed by atoms with E-state index < -0.39 is 29.1 Å². The molecule has 0 atom stereocenters. The summed E-state index contributed by atoms with van der Waals surface area (Å²) >= 11 is 0. The highest BCUT2D eigenvalue weighted by Crippen LogP contribution is 2.31. The second-order valence-electron chi connectivity index (χ2n) is 6.87. The summed E-state index contributed by atoms with van der Waals surface area (Å²) < 4.78 is 37.7. The normalized spacial score (nSPS) is 20.1. The maximum Gasteiger partial charge on any atom is 0.407 e. The lowest BCUT2D eigenvalue weighted by atomic mass is 9.89. The molecule has 1 fully saturated rings. The molecular formula is C17H21F2NO4. The molecule has 0 bridgehead atoms. The zero-order valence-electron chi connectivity index (χ0n) is 14.1. The molecule has 1 amide bonds. The molecule has 132 valence electrons. The van der Waals surface area contributed by atoms with Crippen LogP contribution in [0.25, 0.3) is 0 Å². The quantitative estimate of drug-likeness (QED) is 0.850. The van der Waals surface area contributed by atoms with E-state index in [2.05, 4.69) is 5.32 Å². The molecule has 5 nitrogen and oxygen atoms in total. The molecular weight excluding hydrogens is 320 g/mol. The number of rotatable bonds is 4. The highest BCUT2D eigenvalue weighted by molar-refractivity contribution is 5.96. The molecule has 1 aromatic carbocycles. The summed E-state index contributed by atoms with van der Waals surface area (Å²) in [6.45, 7) is 6.51. The third kappa shape index (κ3) is 4.66. The van der Waals surface area contributed by atoms with Crippen molar-refractivity contribution >= 4 is 11.9 Å². The Balaban J connectivity index is 1.92. The molecule has 0 spiro atoms. The van der Waals surface area contributed by atoms with Gasteiger partial charge in [-0.25, -0.2) is 13.6 Å². The Morgan fingerprint density at radius 3 is 2.38 bits per heavy atom. The van der Waals surface area contributed by atoms with Gasteiger partial charge in [0.05, 0.1) is 5.56 Å². The summed E-state index contributed by atoms with van der Waals surface area (Å²) in [5.74, 6) is -2.47. The number of benzene rings is 1. The fourth-order valence-corrected chi connectivity index (χ4v) is 2.36. The number of carbonyl (C=O) groups excluding carboxylic acids is 2. The lowest BCUT2D eigenvalue weighted by Gasteiger charge is -2.36. The molecule has 1 saturated carbocycles. The first kappa shape index (κ1) is 18.2. The van der Waals surface area contributed by atoms with Crippen molar-refractivity contribution in [3.8, 4) is 5.75 Å². The van der Waals surface area contributed by atoms with Crippen LogP contribution >= 0.6 is 0 Å². The third-order valence-corrected chi connectivity index (χ3v) is 3.49. The Morgan fingerprint density at radius 1 is 1.21 bits per heavy atom. The van der Waals surface area contributed by atoms with E-state index in [1.807, 2.05) is 0 Å². The number of Topliss-reactive ketones (excluding diaryl/α,β-unsaturated/α-hetero) is 1. The van der Waals surface area contributed by atoms with E-state index >= 15 is 0 Å². The van der Waals surface area contributed by atoms with Crippen molar-refractivity contribution in [1.82, 2.24) is 5.32 Å². The van der Waals surface area contributed by atoms with E-state index in [1.54, 1.807) is 20.8 Å². The Bertz CT molecular complexity index is 649. The van der Waals surface area contributed by atoms with Crippen molar-refractivity contribution < 1.29 is 27.8 Å². The summed E-state index contributed by atoms with van der Waals surface area (Å²) in [6.07, 6.45) is 0.0206. The molecule has 1 aromatic rings. The average molecular weight is 341 g/mol. The molecule has 1 aliphatic carbocycles. The zero-order valence-corrected chi connectivity index (χ0v) is 14.1. The summed E-state index contributed by atoms with van der Waals surface area (Å²) in [5, 5.41) is 2.69. The van der Waals surface area contributed by atoms with E-state index in [-0.39, 0.29) is 23.5 Å². The first-order valence-corrected chi connectivity index (χ1v) is 7.71. The minimum atomic E-state index is -0.913. The fourth-order valence-electron chi connectivity index (χ4n) is 2.36. The molecule has 7 heteroatoms. The van der Waals surface area contributed by atoms with Crippen LogP contribution in [-0.4, -0.2) is 29.6 Å². The highest BCUT2D eigenvalue weighted by Gasteiger charge is 2.34. The average Bonchev–Trinajstić information content (AvgIpc) is 2.35. The number of ether oxygens (including phenoxy) is 2. The van der Waals surface area contributed by atoms with Crippen molar-refractivity contribution in [3.63, 3.8) is 0 Å². The van der Waals surface area contributed by atoms with E-state index in [4.69, 9.17) is 9.47 Å². The Labute approximate surface area is 139 Å². The number of carbonyl (C=O) groups is 2. The van der Waals surface area contributed by atoms with Gasteiger partial charge in [0.15, 0.2) is 17.3 Å². The van der Waals surface area contributed by atoms with Crippen LogP contribution in [0, 0.1) is 11.6 Å². The number of ketones is 1. The van der Waals surface area contributed by atoms with E-state index in [0.29, 0.717) is 18.9 Å². The maximum absolute atomic E-state index is 13.9. The number of hydrogen-bond acceptors (Lipinski definition) is 4. The van der Waals surface area contributed by atoms with Gasteiger partial charge in [0.2, 0.25) is 0 Å². The Morgan fingerprint density at radius 2 is 1.83 bits per heavy atom. The molecule has 2 rings (SSSR count). The lowest BCUT2D eigenvalue weighted by Crippen LogP contribution is -2.50. The molecule has 0 radical (unpaired) electrons.